The van der Waals surface area contributed by atoms with Crippen molar-refractivity contribution in [2.45, 2.75) is 50.2 Å². The molecular formula is C14H17F3N2O2. The van der Waals surface area contributed by atoms with Gasteiger partial charge in [0.2, 0.25) is 0 Å². The zero-order valence-electron chi connectivity index (χ0n) is 11.4. The lowest BCUT2D eigenvalue weighted by atomic mass is 9.90. The third kappa shape index (κ3) is 3.65. The van der Waals surface area contributed by atoms with Crippen LogP contribution in [0.5, 0.6) is 0 Å². The third-order valence-electron chi connectivity index (χ3n) is 3.82. The highest BCUT2D eigenvalue weighted by Gasteiger charge is 2.39. The molecule has 116 valence electrons. The number of aromatic nitrogens is 1. The van der Waals surface area contributed by atoms with Gasteiger partial charge in [0.15, 0.2) is 0 Å². The fourth-order valence-corrected chi connectivity index (χ4v) is 2.64. The molecule has 0 aromatic carbocycles. The number of nitrogens with one attached hydrogen (secondary N) is 1. The quantitative estimate of drug-likeness (QED) is 0.836. The summed E-state index contributed by atoms with van der Waals surface area (Å²) in [6, 6.07) is 1.72. The molecule has 0 amide bonds. The van der Waals surface area contributed by atoms with E-state index >= 15 is 0 Å². The number of halogens is 3. The predicted octanol–water partition coefficient (Wildman–Crippen LogP) is 3.69. The minimum absolute atomic E-state index is 0.0471. The lowest BCUT2D eigenvalue weighted by Gasteiger charge is -2.30. The Morgan fingerprint density at radius 2 is 1.86 bits per heavy atom. The molecule has 0 atom stereocenters. The molecule has 7 heteroatoms. The van der Waals surface area contributed by atoms with E-state index in [0.717, 1.165) is 44.0 Å². The smallest absolute Gasteiger partial charge is 0.416 e. The molecule has 2 N–H and O–H groups in total. The highest BCUT2D eigenvalue weighted by Crippen LogP contribution is 2.33. The van der Waals surface area contributed by atoms with Gasteiger partial charge in [-0.3, -0.25) is 0 Å². The number of anilines is 1. The van der Waals surface area contributed by atoms with E-state index in [1.165, 1.54) is 0 Å². The lowest BCUT2D eigenvalue weighted by molar-refractivity contribution is -0.142. The normalized spacial score (nSPS) is 18.8. The summed E-state index contributed by atoms with van der Waals surface area (Å²) >= 11 is 0. The van der Waals surface area contributed by atoms with Gasteiger partial charge in [-0.05, 0) is 25.0 Å². The second-order valence-corrected chi connectivity index (χ2v) is 5.35. The number of carboxylic acid groups (broad SMARTS) is 1. The van der Waals surface area contributed by atoms with Crippen molar-refractivity contribution in [2.75, 3.05) is 5.32 Å². The zero-order valence-corrected chi connectivity index (χ0v) is 11.4. The summed E-state index contributed by atoms with van der Waals surface area (Å²) in [7, 11) is 0. The monoisotopic (exact) mass is 302 g/mol. The second kappa shape index (κ2) is 5.91. The molecule has 0 spiro atoms. The number of hydrogen-bond acceptors (Lipinski definition) is 3. The molecule has 21 heavy (non-hydrogen) atoms. The van der Waals surface area contributed by atoms with Crippen LogP contribution in [0.3, 0.4) is 0 Å². The van der Waals surface area contributed by atoms with Crippen molar-refractivity contribution in [3.63, 3.8) is 0 Å². The van der Waals surface area contributed by atoms with Crippen molar-refractivity contribution in [1.82, 2.24) is 4.98 Å². The van der Waals surface area contributed by atoms with E-state index < -0.39 is 23.2 Å². The Morgan fingerprint density at radius 3 is 2.38 bits per heavy atom. The van der Waals surface area contributed by atoms with Crippen LogP contribution in [-0.2, 0) is 11.0 Å². The molecule has 1 aliphatic rings. The average Bonchev–Trinajstić information content (AvgIpc) is 2.65. The van der Waals surface area contributed by atoms with Gasteiger partial charge >= 0.3 is 12.1 Å². The zero-order chi connectivity index (χ0) is 15.5. The largest absolute Gasteiger partial charge is 0.480 e. The Morgan fingerprint density at radius 1 is 1.24 bits per heavy atom. The highest BCUT2D eigenvalue weighted by atomic mass is 19.4. The Balaban J connectivity index is 2.27. The van der Waals surface area contributed by atoms with Crippen LogP contribution in [0.15, 0.2) is 18.3 Å². The van der Waals surface area contributed by atoms with Gasteiger partial charge in [-0.1, -0.05) is 25.7 Å². The molecule has 0 unspecified atom stereocenters. The summed E-state index contributed by atoms with van der Waals surface area (Å²) in [5.74, 6) is -1.09. The molecule has 4 nitrogen and oxygen atoms in total. The van der Waals surface area contributed by atoms with Gasteiger partial charge in [-0.25, -0.2) is 9.78 Å². The van der Waals surface area contributed by atoms with E-state index in [0.29, 0.717) is 12.8 Å². The average molecular weight is 302 g/mol. The van der Waals surface area contributed by atoms with Crippen molar-refractivity contribution in [3.8, 4) is 0 Å². The van der Waals surface area contributed by atoms with Gasteiger partial charge in [-0.15, -0.1) is 0 Å². The molecule has 1 saturated carbocycles. The van der Waals surface area contributed by atoms with E-state index in [1.54, 1.807) is 0 Å². The summed E-state index contributed by atoms with van der Waals surface area (Å²) in [5, 5.41) is 12.2. The Bertz CT molecular complexity index is 509. The number of aliphatic carboxylic acids is 1. The number of carboxylic acids is 1. The van der Waals surface area contributed by atoms with Crippen LogP contribution in [0.25, 0.3) is 0 Å². The SMILES string of the molecule is O=C(O)C1(Nc2cc(C(F)(F)F)ccn2)CCCCCC1. The third-order valence-corrected chi connectivity index (χ3v) is 3.82. The van der Waals surface area contributed by atoms with E-state index in [2.05, 4.69) is 10.3 Å². The van der Waals surface area contributed by atoms with Crippen LogP contribution in [0.4, 0.5) is 19.0 Å². The first-order valence-electron chi connectivity index (χ1n) is 6.88. The first-order chi connectivity index (χ1) is 9.83. The minimum atomic E-state index is -4.47. The number of rotatable bonds is 3. The first-order valence-corrected chi connectivity index (χ1v) is 6.88. The van der Waals surface area contributed by atoms with Crippen LogP contribution in [0, 0.1) is 0 Å². The number of pyridine rings is 1. The minimum Gasteiger partial charge on any atom is -0.480 e. The van der Waals surface area contributed by atoms with Gasteiger partial charge in [0, 0.05) is 6.20 Å². The Kier molecular flexibility index (Phi) is 4.39. The summed E-state index contributed by atoms with van der Waals surface area (Å²) in [6.07, 6.45) is 0.688. The molecule has 1 aromatic heterocycles. The maximum absolute atomic E-state index is 12.7. The lowest BCUT2D eigenvalue weighted by Crippen LogP contribution is -2.46. The molecule has 0 saturated heterocycles. The molecule has 0 radical (unpaired) electrons. The summed E-state index contributed by atoms with van der Waals surface area (Å²) in [5.41, 5.74) is -2.07. The van der Waals surface area contributed by atoms with Crippen LogP contribution in [-0.4, -0.2) is 21.6 Å². The fraction of sp³-hybridized carbons (Fsp3) is 0.571. The molecule has 0 aliphatic heterocycles. The molecule has 0 bridgehead atoms. The van der Waals surface area contributed by atoms with Crippen molar-refractivity contribution >= 4 is 11.8 Å². The van der Waals surface area contributed by atoms with Gasteiger partial charge in [0.25, 0.3) is 0 Å². The molecule has 1 heterocycles. The number of hydrogen-bond donors (Lipinski definition) is 2. The Labute approximate surface area is 120 Å². The van der Waals surface area contributed by atoms with Gasteiger partial charge in [0.05, 0.1) is 5.56 Å². The summed E-state index contributed by atoms with van der Waals surface area (Å²) in [4.78, 5) is 15.4. The van der Waals surface area contributed by atoms with E-state index in [4.69, 9.17) is 0 Å². The molecule has 1 aromatic rings. The van der Waals surface area contributed by atoms with E-state index in [1.807, 2.05) is 0 Å². The number of nitrogens with zero attached hydrogens (tertiary/aromatic N) is 1. The molecular weight excluding hydrogens is 285 g/mol. The topological polar surface area (TPSA) is 62.2 Å². The van der Waals surface area contributed by atoms with Gasteiger partial charge in [0.1, 0.15) is 11.4 Å². The Hall–Kier alpha value is -1.79. The van der Waals surface area contributed by atoms with Gasteiger partial charge < -0.3 is 10.4 Å². The molecule has 1 aliphatic carbocycles. The maximum Gasteiger partial charge on any atom is 0.416 e. The summed E-state index contributed by atoms with van der Waals surface area (Å²) in [6.45, 7) is 0. The van der Waals surface area contributed by atoms with Crippen LogP contribution in [0.2, 0.25) is 0 Å². The standard InChI is InChI=1S/C14H17F3N2O2/c15-14(16,17)10-5-8-18-11(9-10)19-13(12(20)21)6-3-1-2-4-7-13/h5,8-9H,1-4,6-7H2,(H,18,19)(H,20,21). The predicted molar refractivity (Wildman–Crippen MR) is 70.9 cm³/mol. The van der Waals surface area contributed by atoms with E-state index in [-0.39, 0.29) is 5.82 Å². The molecule has 2 rings (SSSR count). The van der Waals surface area contributed by atoms with Crippen molar-refractivity contribution in [1.29, 1.82) is 0 Å². The van der Waals surface area contributed by atoms with Crippen molar-refractivity contribution in [2.24, 2.45) is 0 Å². The molecule has 1 fully saturated rings. The number of alkyl halides is 3. The van der Waals surface area contributed by atoms with Crippen molar-refractivity contribution in [3.05, 3.63) is 23.9 Å². The maximum atomic E-state index is 12.7. The van der Waals surface area contributed by atoms with Crippen LogP contribution in [0.1, 0.15) is 44.1 Å². The summed E-state index contributed by atoms with van der Waals surface area (Å²) < 4.78 is 38.1. The first kappa shape index (κ1) is 15.6. The highest BCUT2D eigenvalue weighted by molar-refractivity contribution is 5.82. The van der Waals surface area contributed by atoms with Gasteiger partial charge in [-0.2, -0.15) is 13.2 Å². The fourth-order valence-electron chi connectivity index (χ4n) is 2.64. The second-order valence-electron chi connectivity index (χ2n) is 5.35. The van der Waals surface area contributed by atoms with Crippen molar-refractivity contribution < 1.29 is 23.1 Å². The van der Waals surface area contributed by atoms with Crippen LogP contribution >= 0.6 is 0 Å². The van der Waals surface area contributed by atoms with Crippen LogP contribution < -0.4 is 5.32 Å². The van der Waals surface area contributed by atoms with E-state index in [9.17, 15) is 23.1 Å². The number of carbonyl (C=O) groups is 1.